The average molecular weight is 391 g/mol. The number of benzene rings is 2. The number of halogens is 2. The van der Waals surface area contributed by atoms with Gasteiger partial charge in [-0.2, -0.15) is 0 Å². The van der Waals surface area contributed by atoms with E-state index in [1.54, 1.807) is 6.07 Å². The minimum Gasteiger partial charge on any atom is -0.497 e. The Bertz CT molecular complexity index is 909. The molecule has 1 saturated heterocycles. The Morgan fingerprint density at radius 3 is 2.39 bits per heavy atom. The summed E-state index contributed by atoms with van der Waals surface area (Å²) in [6.07, 6.45) is 0.176. The summed E-state index contributed by atoms with van der Waals surface area (Å²) in [6, 6.07) is 7.81. The molecule has 0 bridgehead atoms. The smallest absolute Gasteiger partial charge is 0.329 e. The molecule has 3 rings (SSSR count). The first-order chi connectivity index (χ1) is 13.4. The third kappa shape index (κ3) is 3.82. The summed E-state index contributed by atoms with van der Waals surface area (Å²) in [7, 11) is 1.41. The second kappa shape index (κ2) is 7.93. The van der Waals surface area contributed by atoms with Gasteiger partial charge >= 0.3 is 5.97 Å². The van der Waals surface area contributed by atoms with Gasteiger partial charge in [0, 0.05) is 37.7 Å². The molecule has 148 valence electrons. The lowest BCUT2D eigenvalue weighted by Crippen LogP contribution is -2.57. The maximum Gasteiger partial charge on any atom is 0.329 e. The molecule has 0 radical (unpaired) electrons. The average Bonchev–Trinajstić information content (AvgIpc) is 2.68. The molecule has 1 heterocycles. The third-order valence-electron chi connectivity index (χ3n) is 4.81. The number of hydrogen-bond acceptors (Lipinski definition) is 4. The molecule has 0 aliphatic carbocycles. The third-order valence-corrected chi connectivity index (χ3v) is 4.81. The number of hydrogen-bond donors (Lipinski definition) is 2. The predicted octanol–water partition coefficient (Wildman–Crippen LogP) is 3.00. The second-order valence-electron chi connectivity index (χ2n) is 6.49. The molecule has 2 aromatic carbocycles. The van der Waals surface area contributed by atoms with Gasteiger partial charge in [-0.05, 0) is 29.8 Å². The van der Waals surface area contributed by atoms with Gasteiger partial charge in [0.2, 0.25) is 0 Å². The van der Waals surface area contributed by atoms with Crippen LogP contribution in [-0.2, 0) is 9.53 Å². The summed E-state index contributed by atoms with van der Waals surface area (Å²) < 4.78 is 38.8. The van der Waals surface area contributed by atoms with Gasteiger partial charge in [0.25, 0.3) is 5.91 Å². The molecular weight excluding hydrogens is 372 g/mol. The Hall–Kier alpha value is -3.00. The fraction of sp³-hybridized carbons (Fsp3) is 0.300. The molecule has 0 spiro atoms. The lowest BCUT2D eigenvalue weighted by Gasteiger charge is -2.33. The standard InChI is InChI=1S/C20H19F2NO5/c1-27-13-3-5-14(17(22)11-13)12-2-4-15(16(21)10-12)18(24)23-20(19(25)26)6-8-28-9-7-20/h2-5,10-11H,6-9H2,1H3,(H,23,24)(H,25,26). The minimum absolute atomic E-state index is 0.0881. The van der Waals surface area contributed by atoms with Gasteiger partial charge in [-0.3, -0.25) is 4.79 Å². The second-order valence-corrected chi connectivity index (χ2v) is 6.49. The van der Waals surface area contributed by atoms with E-state index in [4.69, 9.17) is 9.47 Å². The van der Waals surface area contributed by atoms with E-state index < -0.39 is 29.0 Å². The highest BCUT2D eigenvalue weighted by atomic mass is 19.1. The fourth-order valence-corrected chi connectivity index (χ4v) is 3.12. The van der Waals surface area contributed by atoms with E-state index in [-0.39, 0.29) is 42.7 Å². The molecule has 0 atom stereocenters. The first-order valence-corrected chi connectivity index (χ1v) is 8.63. The number of carboxylic acid groups (broad SMARTS) is 1. The molecule has 0 unspecified atom stereocenters. The number of methoxy groups -OCH3 is 1. The summed E-state index contributed by atoms with van der Waals surface area (Å²) in [5.74, 6) is -3.18. The number of amides is 1. The largest absolute Gasteiger partial charge is 0.497 e. The lowest BCUT2D eigenvalue weighted by atomic mass is 9.89. The van der Waals surface area contributed by atoms with E-state index in [1.807, 2.05) is 0 Å². The van der Waals surface area contributed by atoms with Gasteiger partial charge in [0.1, 0.15) is 22.9 Å². The summed E-state index contributed by atoms with van der Waals surface area (Å²) in [5, 5.41) is 11.9. The van der Waals surface area contributed by atoms with Crippen molar-refractivity contribution in [3.05, 3.63) is 53.6 Å². The van der Waals surface area contributed by atoms with Crippen LogP contribution in [-0.4, -0.2) is 42.8 Å². The predicted molar refractivity (Wildman–Crippen MR) is 96.2 cm³/mol. The van der Waals surface area contributed by atoms with Crippen LogP contribution in [0.15, 0.2) is 36.4 Å². The van der Waals surface area contributed by atoms with Crippen molar-refractivity contribution in [2.75, 3.05) is 20.3 Å². The van der Waals surface area contributed by atoms with Crippen LogP contribution in [0.25, 0.3) is 11.1 Å². The highest BCUT2D eigenvalue weighted by Gasteiger charge is 2.42. The molecule has 1 fully saturated rings. The van der Waals surface area contributed by atoms with E-state index in [2.05, 4.69) is 5.32 Å². The molecule has 1 aliphatic rings. The zero-order valence-corrected chi connectivity index (χ0v) is 15.1. The molecular formula is C20H19F2NO5. The normalized spacial score (nSPS) is 15.7. The Balaban J connectivity index is 1.86. The SMILES string of the molecule is COc1ccc(-c2ccc(C(=O)NC3(C(=O)O)CCOCC3)c(F)c2)c(F)c1. The van der Waals surface area contributed by atoms with E-state index >= 15 is 0 Å². The lowest BCUT2D eigenvalue weighted by molar-refractivity contribution is -0.148. The summed E-state index contributed by atoms with van der Waals surface area (Å²) >= 11 is 0. The first kappa shape index (κ1) is 19.8. The van der Waals surface area contributed by atoms with Crippen molar-refractivity contribution >= 4 is 11.9 Å². The van der Waals surface area contributed by atoms with E-state index in [1.165, 1.54) is 31.4 Å². The number of aliphatic carboxylic acids is 1. The Morgan fingerprint density at radius 2 is 1.82 bits per heavy atom. The fourth-order valence-electron chi connectivity index (χ4n) is 3.12. The molecule has 6 nitrogen and oxygen atoms in total. The van der Waals surface area contributed by atoms with Crippen molar-refractivity contribution in [2.24, 2.45) is 0 Å². The van der Waals surface area contributed by atoms with Crippen molar-refractivity contribution in [3.8, 4) is 16.9 Å². The van der Waals surface area contributed by atoms with Crippen LogP contribution in [0.3, 0.4) is 0 Å². The Kier molecular flexibility index (Phi) is 5.60. The number of carboxylic acids is 1. The van der Waals surface area contributed by atoms with Gasteiger partial charge in [-0.1, -0.05) is 6.07 Å². The maximum absolute atomic E-state index is 14.6. The van der Waals surface area contributed by atoms with Gasteiger partial charge in [0.05, 0.1) is 12.7 Å². The van der Waals surface area contributed by atoms with Crippen molar-refractivity contribution in [2.45, 2.75) is 18.4 Å². The number of carbonyl (C=O) groups excluding carboxylic acids is 1. The minimum atomic E-state index is -1.50. The van der Waals surface area contributed by atoms with Crippen LogP contribution in [0.1, 0.15) is 23.2 Å². The summed E-state index contributed by atoms with van der Waals surface area (Å²) in [4.78, 5) is 24.1. The van der Waals surface area contributed by atoms with E-state index in [9.17, 15) is 23.5 Å². The van der Waals surface area contributed by atoms with Crippen LogP contribution in [0, 0.1) is 11.6 Å². The molecule has 0 saturated carbocycles. The molecule has 28 heavy (non-hydrogen) atoms. The zero-order valence-electron chi connectivity index (χ0n) is 15.1. The quantitative estimate of drug-likeness (QED) is 0.819. The van der Waals surface area contributed by atoms with Crippen molar-refractivity contribution < 1.29 is 33.0 Å². The maximum atomic E-state index is 14.6. The van der Waals surface area contributed by atoms with Crippen LogP contribution in [0.4, 0.5) is 8.78 Å². The van der Waals surface area contributed by atoms with Crippen molar-refractivity contribution in [3.63, 3.8) is 0 Å². The van der Waals surface area contributed by atoms with Crippen LogP contribution in [0.2, 0.25) is 0 Å². The Labute approximate surface area is 160 Å². The highest BCUT2D eigenvalue weighted by Crippen LogP contribution is 2.28. The number of nitrogens with one attached hydrogen (secondary N) is 1. The molecule has 2 aromatic rings. The molecule has 8 heteroatoms. The summed E-state index contributed by atoms with van der Waals surface area (Å²) in [6.45, 7) is 0.371. The molecule has 2 N–H and O–H groups in total. The highest BCUT2D eigenvalue weighted by molar-refractivity contribution is 5.98. The van der Waals surface area contributed by atoms with Gasteiger partial charge in [-0.25, -0.2) is 13.6 Å². The van der Waals surface area contributed by atoms with Gasteiger partial charge < -0.3 is 19.9 Å². The van der Waals surface area contributed by atoms with E-state index in [0.29, 0.717) is 5.75 Å². The molecule has 0 aromatic heterocycles. The van der Waals surface area contributed by atoms with Crippen LogP contribution < -0.4 is 10.1 Å². The van der Waals surface area contributed by atoms with Gasteiger partial charge in [0.15, 0.2) is 0 Å². The topological polar surface area (TPSA) is 84.9 Å². The van der Waals surface area contributed by atoms with Crippen molar-refractivity contribution in [1.82, 2.24) is 5.32 Å². The molecule has 1 amide bonds. The first-order valence-electron chi connectivity index (χ1n) is 8.63. The van der Waals surface area contributed by atoms with E-state index in [0.717, 1.165) is 6.07 Å². The zero-order chi connectivity index (χ0) is 20.3. The number of carbonyl (C=O) groups is 2. The monoisotopic (exact) mass is 391 g/mol. The van der Waals surface area contributed by atoms with Gasteiger partial charge in [-0.15, -0.1) is 0 Å². The number of ether oxygens (including phenoxy) is 2. The Morgan fingerprint density at radius 1 is 1.11 bits per heavy atom. The van der Waals surface area contributed by atoms with Crippen LogP contribution in [0.5, 0.6) is 5.75 Å². The van der Waals surface area contributed by atoms with Crippen LogP contribution >= 0.6 is 0 Å². The molecule has 1 aliphatic heterocycles. The number of rotatable bonds is 5. The summed E-state index contributed by atoms with van der Waals surface area (Å²) in [5.41, 5.74) is -1.42. The van der Waals surface area contributed by atoms with Crippen molar-refractivity contribution in [1.29, 1.82) is 0 Å².